The van der Waals surface area contributed by atoms with E-state index in [0.29, 0.717) is 0 Å². The Hall–Kier alpha value is -1.40. The number of methoxy groups -OCH3 is 1. The molecule has 1 aromatic rings. The molecule has 1 rings (SSSR count). The molecular weight excluding hydrogens is 222 g/mol. The van der Waals surface area contributed by atoms with E-state index in [-0.39, 0.29) is 11.0 Å². The van der Waals surface area contributed by atoms with Crippen molar-refractivity contribution in [1.29, 1.82) is 0 Å². The summed E-state index contributed by atoms with van der Waals surface area (Å²) in [4.78, 5) is 18.7. The molecule has 1 atom stereocenters. The van der Waals surface area contributed by atoms with Crippen LogP contribution in [-0.2, 0) is 9.53 Å². The predicted octanol–water partition coefficient (Wildman–Crippen LogP) is 0.0758. The SMILES string of the molecule is COC(=O)[C@@H](CO)Nc1nccnc1Cl. The average Bonchev–Trinajstić information content (AvgIpc) is 2.27. The maximum absolute atomic E-state index is 11.1. The number of nitrogens with one attached hydrogen (secondary N) is 1. The normalized spacial score (nSPS) is 11.9. The smallest absolute Gasteiger partial charge is 0.330 e. The van der Waals surface area contributed by atoms with Crippen LogP contribution in [0.5, 0.6) is 0 Å². The van der Waals surface area contributed by atoms with Gasteiger partial charge < -0.3 is 15.2 Å². The number of aliphatic hydroxyl groups excluding tert-OH is 1. The molecule has 6 nitrogen and oxygen atoms in total. The van der Waals surface area contributed by atoms with E-state index in [9.17, 15) is 4.79 Å². The number of nitrogens with zero attached hydrogens (tertiary/aromatic N) is 2. The highest BCUT2D eigenvalue weighted by Crippen LogP contribution is 2.15. The summed E-state index contributed by atoms with van der Waals surface area (Å²) in [5, 5.41) is 11.7. The first-order chi connectivity index (χ1) is 7.19. The fourth-order valence-corrected chi connectivity index (χ4v) is 1.06. The van der Waals surface area contributed by atoms with Crippen LogP contribution >= 0.6 is 11.6 Å². The molecule has 1 aromatic heterocycles. The van der Waals surface area contributed by atoms with Crippen LogP contribution in [0.2, 0.25) is 5.15 Å². The van der Waals surface area contributed by atoms with Crippen molar-refractivity contribution in [2.75, 3.05) is 19.0 Å². The monoisotopic (exact) mass is 231 g/mol. The van der Waals surface area contributed by atoms with Gasteiger partial charge in [-0.15, -0.1) is 0 Å². The predicted molar refractivity (Wildman–Crippen MR) is 53.6 cm³/mol. The van der Waals surface area contributed by atoms with Crippen LogP contribution in [0.25, 0.3) is 0 Å². The molecule has 0 aliphatic heterocycles. The second kappa shape index (κ2) is 5.47. The van der Waals surface area contributed by atoms with Crippen LogP contribution in [0.4, 0.5) is 5.82 Å². The summed E-state index contributed by atoms with van der Waals surface area (Å²) in [5.41, 5.74) is 0. The quantitative estimate of drug-likeness (QED) is 0.714. The van der Waals surface area contributed by atoms with E-state index in [1.807, 2.05) is 0 Å². The molecule has 0 radical (unpaired) electrons. The summed E-state index contributed by atoms with van der Waals surface area (Å²) in [6.45, 7) is -0.417. The van der Waals surface area contributed by atoms with Gasteiger partial charge in [-0.25, -0.2) is 14.8 Å². The summed E-state index contributed by atoms with van der Waals surface area (Å²) in [7, 11) is 1.23. The van der Waals surface area contributed by atoms with Gasteiger partial charge in [-0.2, -0.15) is 0 Å². The molecule has 7 heteroatoms. The van der Waals surface area contributed by atoms with Gasteiger partial charge in [0.15, 0.2) is 11.0 Å². The maximum atomic E-state index is 11.1. The van der Waals surface area contributed by atoms with Crippen LogP contribution in [0.1, 0.15) is 0 Å². The first-order valence-corrected chi connectivity index (χ1v) is 4.48. The zero-order chi connectivity index (χ0) is 11.3. The minimum absolute atomic E-state index is 0.125. The number of carbonyl (C=O) groups is 1. The third-order valence-electron chi connectivity index (χ3n) is 1.63. The Balaban J connectivity index is 2.75. The fourth-order valence-electron chi connectivity index (χ4n) is 0.904. The van der Waals surface area contributed by atoms with Gasteiger partial charge >= 0.3 is 5.97 Å². The second-order valence-electron chi connectivity index (χ2n) is 2.60. The summed E-state index contributed by atoms with van der Waals surface area (Å²) >= 11 is 5.70. The molecule has 0 bridgehead atoms. The van der Waals surface area contributed by atoms with Crippen molar-refractivity contribution >= 4 is 23.4 Å². The number of aliphatic hydroxyl groups is 1. The van der Waals surface area contributed by atoms with Crippen molar-refractivity contribution in [3.63, 3.8) is 0 Å². The Labute approximate surface area is 91.3 Å². The van der Waals surface area contributed by atoms with Crippen molar-refractivity contribution < 1.29 is 14.6 Å². The van der Waals surface area contributed by atoms with Crippen molar-refractivity contribution in [3.05, 3.63) is 17.5 Å². The average molecular weight is 232 g/mol. The molecule has 2 N–H and O–H groups in total. The van der Waals surface area contributed by atoms with Crippen LogP contribution in [0, 0.1) is 0 Å². The molecule has 15 heavy (non-hydrogen) atoms. The zero-order valence-corrected chi connectivity index (χ0v) is 8.73. The van der Waals surface area contributed by atoms with Crippen LogP contribution in [0.15, 0.2) is 12.4 Å². The van der Waals surface area contributed by atoms with Gasteiger partial charge in [-0.1, -0.05) is 11.6 Å². The third kappa shape index (κ3) is 3.03. The topological polar surface area (TPSA) is 84.3 Å². The largest absolute Gasteiger partial charge is 0.467 e. The number of rotatable bonds is 4. The van der Waals surface area contributed by atoms with E-state index in [4.69, 9.17) is 16.7 Å². The summed E-state index contributed by atoms with van der Waals surface area (Å²) < 4.78 is 4.46. The molecule has 0 aliphatic rings. The molecule has 0 aromatic carbocycles. The number of hydrogen-bond acceptors (Lipinski definition) is 6. The van der Waals surface area contributed by atoms with E-state index in [1.165, 1.54) is 19.5 Å². The van der Waals surface area contributed by atoms with E-state index in [1.54, 1.807) is 0 Å². The van der Waals surface area contributed by atoms with E-state index < -0.39 is 18.6 Å². The first kappa shape index (κ1) is 11.7. The maximum Gasteiger partial charge on any atom is 0.330 e. The highest BCUT2D eigenvalue weighted by atomic mass is 35.5. The number of aromatic nitrogens is 2. The van der Waals surface area contributed by atoms with Gasteiger partial charge in [0.1, 0.15) is 6.04 Å². The highest BCUT2D eigenvalue weighted by molar-refractivity contribution is 6.31. The lowest BCUT2D eigenvalue weighted by atomic mass is 10.3. The Morgan fingerprint density at radius 2 is 2.33 bits per heavy atom. The van der Waals surface area contributed by atoms with E-state index in [2.05, 4.69) is 20.0 Å². The van der Waals surface area contributed by atoms with Crippen molar-refractivity contribution in [1.82, 2.24) is 9.97 Å². The number of anilines is 1. The summed E-state index contributed by atoms with van der Waals surface area (Å²) in [5.74, 6) is -0.372. The minimum atomic E-state index is -0.899. The molecule has 0 fully saturated rings. The summed E-state index contributed by atoms with van der Waals surface area (Å²) in [6, 6.07) is -0.899. The lowest BCUT2D eigenvalue weighted by Crippen LogP contribution is -2.34. The molecule has 0 saturated carbocycles. The van der Waals surface area contributed by atoms with Crippen molar-refractivity contribution in [2.24, 2.45) is 0 Å². The second-order valence-corrected chi connectivity index (χ2v) is 2.96. The third-order valence-corrected chi connectivity index (χ3v) is 1.91. The number of ether oxygens (including phenoxy) is 1. The number of halogens is 1. The highest BCUT2D eigenvalue weighted by Gasteiger charge is 2.19. The van der Waals surface area contributed by atoms with Gasteiger partial charge in [-0.3, -0.25) is 0 Å². The number of carbonyl (C=O) groups excluding carboxylic acids is 1. The van der Waals surface area contributed by atoms with Crippen molar-refractivity contribution in [3.8, 4) is 0 Å². The molecule has 0 aliphatic carbocycles. The molecule has 0 amide bonds. The molecule has 0 saturated heterocycles. The molecular formula is C8H10ClN3O3. The Morgan fingerprint density at radius 3 is 2.87 bits per heavy atom. The van der Waals surface area contributed by atoms with Gasteiger partial charge in [-0.05, 0) is 0 Å². The van der Waals surface area contributed by atoms with Gasteiger partial charge in [0.05, 0.1) is 13.7 Å². The Bertz CT molecular complexity index is 348. The van der Waals surface area contributed by atoms with Gasteiger partial charge in [0.25, 0.3) is 0 Å². The first-order valence-electron chi connectivity index (χ1n) is 4.10. The van der Waals surface area contributed by atoms with Gasteiger partial charge in [0.2, 0.25) is 0 Å². The molecule has 0 spiro atoms. The molecule has 82 valence electrons. The van der Waals surface area contributed by atoms with Crippen LogP contribution < -0.4 is 5.32 Å². The lowest BCUT2D eigenvalue weighted by Gasteiger charge is -2.14. The standard InChI is InChI=1S/C8H10ClN3O3/c1-15-8(14)5(4-13)12-7-6(9)10-2-3-11-7/h2-3,5,13H,4H2,1H3,(H,11,12)/t5-/m1/s1. The minimum Gasteiger partial charge on any atom is -0.467 e. The zero-order valence-electron chi connectivity index (χ0n) is 7.98. The molecule has 0 unspecified atom stereocenters. The van der Waals surface area contributed by atoms with E-state index in [0.717, 1.165) is 0 Å². The van der Waals surface area contributed by atoms with Crippen molar-refractivity contribution in [2.45, 2.75) is 6.04 Å². The summed E-state index contributed by atoms with van der Waals surface area (Å²) in [6.07, 6.45) is 2.83. The lowest BCUT2D eigenvalue weighted by molar-refractivity contribution is -0.142. The Kier molecular flexibility index (Phi) is 4.26. The fraction of sp³-hybridized carbons (Fsp3) is 0.375. The Morgan fingerprint density at radius 1 is 1.67 bits per heavy atom. The van der Waals surface area contributed by atoms with E-state index >= 15 is 0 Å². The van der Waals surface area contributed by atoms with Crippen LogP contribution in [0.3, 0.4) is 0 Å². The molecule has 1 heterocycles. The number of esters is 1. The van der Waals surface area contributed by atoms with Crippen LogP contribution in [-0.4, -0.2) is 40.8 Å². The van der Waals surface area contributed by atoms with Gasteiger partial charge in [0, 0.05) is 12.4 Å². The number of hydrogen-bond donors (Lipinski definition) is 2.